The lowest BCUT2D eigenvalue weighted by molar-refractivity contribution is -0.137. The van der Waals surface area contributed by atoms with Crippen molar-refractivity contribution in [2.45, 2.75) is 38.4 Å². The fourth-order valence-corrected chi connectivity index (χ4v) is 5.79. The Hall–Kier alpha value is -2.91. The van der Waals surface area contributed by atoms with E-state index in [1.165, 1.54) is 16.5 Å². The second-order valence-electron chi connectivity index (χ2n) is 7.61. The van der Waals surface area contributed by atoms with E-state index >= 15 is 0 Å². The molecule has 0 bridgehead atoms. The predicted octanol–water partition coefficient (Wildman–Crippen LogP) is 4.31. The van der Waals surface area contributed by atoms with Gasteiger partial charge < -0.3 is 15.0 Å². The zero-order chi connectivity index (χ0) is 23.2. The Morgan fingerprint density at radius 2 is 2.09 bits per heavy atom. The van der Waals surface area contributed by atoms with E-state index in [1.807, 2.05) is 12.1 Å². The molecule has 0 atom stereocenters. The first-order chi connectivity index (χ1) is 16.0. The van der Waals surface area contributed by atoms with Gasteiger partial charge in [-0.2, -0.15) is 11.8 Å². The number of esters is 1. The number of benzene rings is 1. The van der Waals surface area contributed by atoms with Crippen molar-refractivity contribution in [1.82, 2.24) is 9.97 Å². The Kier molecular flexibility index (Phi) is 7.61. The number of nitrogens with one attached hydrogen (secondary N) is 2. The number of carbonyl (C=O) groups excluding carboxylic acids is 2. The zero-order valence-electron chi connectivity index (χ0n) is 18.3. The molecule has 1 aliphatic carbocycles. The second kappa shape index (κ2) is 10.8. The standard InChI is InChI=1S/C24H25N3O4S2/c1-2-31-21(29)11-8-15-6-9-16(10-7-15)25-20(28)12-13-32-14-19-26-23(30)22-17-4-3-5-18(17)33-24(22)27-19/h6-11H,2-5,12-14H2,1H3,(H,25,28)(H,26,27,30)/b11-8+. The Morgan fingerprint density at radius 3 is 2.88 bits per heavy atom. The number of aromatic amines is 1. The van der Waals surface area contributed by atoms with Crippen LogP contribution >= 0.6 is 23.1 Å². The van der Waals surface area contributed by atoms with Crippen LogP contribution in [0.25, 0.3) is 16.3 Å². The van der Waals surface area contributed by atoms with Gasteiger partial charge >= 0.3 is 5.97 Å². The number of aromatic nitrogens is 2. The minimum absolute atomic E-state index is 0.0479. The Balaban J connectivity index is 1.23. The highest BCUT2D eigenvalue weighted by molar-refractivity contribution is 7.98. The molecule has 0 radical (unpaired) electrons. The summed E-state index contributed by atoms with van der Waals surface area (Å²) in [5, 5.41) is 3.64. The average Bonchev–Trinajstić information content (AvgIpc) is 3.37. The molecule has 0 aliphatic heterocycles. The highest BCUT2D eigenvalue weighted by Crippen LogP contribution is 2.34. The first kappa shape index (κ1) is 23.3. The molecule has 2 heterocycles. The first-order valence-electron chi connectivity index (χ1n) is 10.9. The number of thiophene rings is 1. The number of anilines is 1. The molecular weight excluding hydrogens is 458 g/mol. The van der Waals surface area contributed by atoms with Gasteiger partial charge in [0.1, 0.15) is 10.7 Å². The number of rotatable bonds is 9. The van der Waals surface area contributed by atoms with E-state index in [2.05, 4.69) is 15.3 Å². The molecule has 2 N–H and O–H groups in total. The van der Waals surface area contributed by atoms with Gasteiger partial charge in [-0.05, 0) is 55.5 Å². The summed E-state index contributed by atoms with van der Waals surface area (Å²) in [6, 6.07) is 7.22. The molecule has 2 aromatic heterocycles. The third-order valence-corrected chi connectivity index (χ3v) is 7.39. The fourth-order valence-electron chi connectivity index (χ4n) is 3.70. The van der Waals surface area contributed by atoms with Crippen molar-refractivity contribution in [2.75, 3.05) is 17.7 Å². The highest BCUT2D eigenvalue weighted by atomic mass is 32.2. The van der Waals surface area contributed by atoms with E-state index < -0.39 is 0 Å². The van der Waals surface area contributed by atoms with Crippen molar-refractivity contribution >= 4 is 57.0 Å². The van der Waals surface area contributed by atoms with Crippen LogP contribution in [0.5, 0.6) is 0 Å². The quantitative estimate of drug-likeness (QED) is 0.267. The number of carbonyl (C=O) groups is 2. The number of hydrogen-bond acceptors (Lipinski definition) is 7. The molecule has 3 aromatic rings. The van der Waals surface area contributed by atoms with Crippen LogP contribution in [-0.2, 0) is 32.9 Å². The van der Waals surface area contributed by atoms with Crippen molar-refractivity contribution in [3.63, 3.8) is 0 Å². The monoisotopic (exact) mass is 483 g/mol. The summed E-state index contributed by atoms with van der Waals surface area (Å²) in [6.45, 7) is 2.10. The van der Waals surface area contributed by atoms with Gasteiger partial charge in [-0.25, -0.2) is 9.78 Å². The van der Waals surface area contributed by atoms with Crippen molar-refractivity contribution in [1.29, 1.82) is 0 Å². The van der Waals surface area contributed by atoms with E-state index in [-0.39, 0.29) is 17.4 Å². The van der Waals surface area contributed by atoms with Crippen LogP contribution in [0, 0.1) is 0 Å². The van der Waals surface area contributed by atoms with E-state index in [1.54, 1.807) is 48.2 Å². The van der Waals surface area contributed by atoms with Gasteiger partial charge in [-0.1, -0.05) is 12.1 Å². The largest absolute Gasteiger partial charge is 0.463 e. The van der Waals surface area contributed by atoms with Crippen LogP contribution < -0.4 is 10.9 Å². The molecule has 1 aliphatic rings. The lowest BCUT2D eigenvalue weighted by Crippen LogP contribution is -2.13. The number of fused-ring (bicyclic) bond motifs is 3. The smallest absolute Gasteiger partial charge is 0.330 e. The van der Waals surface area contributed by atoms with E-state index in [9.17, 15) is 14.4 Å². The lowest BCUT2D eigenvalue weighted by atomic mass is 10.2. The fraction of sp³-hybridized carbons (Fsp3) is 0.333. The van der Waals surface area contributed by atoms with Gasteiger partial charge in [0, 0.05) is 28.8 Å². The number of ether oxygens (including phenoxy) is 1. The van der Waals surface area contributed by atoms with Gasteiger partial charge in [0.05, 0.1) is 17.7 Å². The van der Waals surface area contributed by atoms with Crippen LogP contribution in [0.1, 0.15) is 41.6 Å². The molecule has 0 fully saturated rings. The van der Waals surface area contributed by atoms with Gasteiger partial charge in [-0.3, -0.25) is 9.59 Å². The predicted molar refractivity (Wildman–Crippen MR) is 134 cm³/mol. The zero-order valence-corrected chi connectivity index (χ0v) is 19.9. The molecule has 0 spiro atoms. The summed E-state index contributed by atoms with van der Waals surface area (Å²) in [7, 11) is 0. The summed E-state index contributed by atoms with van der Waals surface area (Å²) in [5.41, 5.74) is 2.67. The molecule has 0 saturated heterocycles. The average molecular weight is 484 g/mol. The van der Waals surface area contributed by atoms with Gasteiger partial charge in [-0.15, -0.1) is 11.3 Å². The minimum Gasteiger partial charge on any atom is -0.463 e. The van der Waals surface area contributed by atoms with Crippen molar-refractivity contribution < 1.29 is 14.3 Å². The molecule has 1 amide bonds. The maximum Gasteiger partial charge on any atom is 0.330 e. The molecule has 0 unspecified atom stereocenters. The SMILES string of the molecule is CCOC(=O)/C=C/c1ccc(NC(=O)CCSCc2nc3sc4c(c3c(=O)[nH]2)CCC4)cc1. The summed E-state index contributed by atoms with van der Waals surface area (Å²) in [6.07, 6.45) is 6.53. The van der Waals surface area contributed by atoms with E-state index in [4.69, 9.17) is 4.74 Å². The second-order valence-corrected chi connectivity index (χ2v) is 9.80. The van der Waals surface area contributed by atoms with Crippen LogP contribution in [0.2, 0.25) is 0 Å². The minimum atomic E-state index is -0.384. The van der Waals surface area contributed by atoms with Crippen LogP contribution in [0.4, 0.5) is 5.69 Å². The summed E-state index contributed by atoms with van der Waals surface area (Å²) < 4.78 is 4.85. The molecule has 0 saturated carbocycles. The first-order valence-corrected chi connectivity index (χ1v) is 12.9. The normalized spacial score (nSPS) is 12.9. The third-order valence-electron chi connectivity index (χ3n) is 5.23. The highest BCUT2D eigenvalue weighted by Gasteiger charge is 2.21. The molecular formula is C24H25N3O4S2. The Labute approximate surface area is 199 Å². The van der Waals surface area contributed by atoms with Crippen molar-refractivity contribution in [3.05, 3.63) is 62.5 Å². The van der Waals surface area contributed by atoms with E-state index in [0.29, 0.717) is 36.0 Å². The summed E-state index contributed by atoms with van der Waals surface area (Å²) in [5.74, 6) is 1.37. The lowest BCUT2D eigenvalue weighted by Gasteiger charge is -2.06. The maximum atomic E-state index is 12.5. The van der Waals surface area contributed by atoms with Gasteiger partial charge in [0.2, 0.25) is 5.91 Å². The van der Waals surface area contributed by atoms with Crippen LogP contribution in [-0.4, -0.2) is 34.2 Å². The number of amides is 1. The topological polar surface area (TPSA) is 101 Å². The summed E-state index contributed by atoms with van der Waals surface area (Å²) in [4.78, 5) is 45.8. The Morgan fingerprint density at radius 1 is 1.27 bits per heavy atom. The molecule has 33 heavy (non-hydrogen) atoms. The van der Waals surface area contributed by atoms with Crippen molar-refractivity contribution in [3.8, 4) is 0 Å². The third kappa shape index (κ3) is 5.91. The molecule has 9 heteroatoms. The maximum absolute atomic E-state index is 12.5. The molecule has 1 aromatic carbocycles. The molecule has 172 valence electrons. The number of nitrogens with zero attached hydrogens (tertiary/aromatic N) is 1. The van der Waals surface area contributed by atoms with Gasteiger partial charge in [0.25, 0.3) is 5.56 Å². The summed E-state index contributed by atoms with van der Waals surface area (Å²) >= 11 is 3.20. The Bertz CT molecular complexity index is 1250. The van der Waals surface area contributed by atoms with Crippen LogP contribution in [0.3, 0.4) is 0 Å². The molecule has 4 rings (SSSR count). The van der Waals surface area contributed by atoms with E-state index in [0.717, 1.165) is 35.0 Å². The van der Waals surface area contributed by atoms with Crippen molar-refractivity contribution in [2.24, 2.45) is 0 Å². The van der Waals surface area contributed by atoms with Crippen LogP contribution in [0.15, 0.2) is 35.1 Å². The number of H-pyrrole nitrogens is 1. The number of thioether (sulfide) groups is 1. The molecule has 7 nitrogen and oxygen atoms in total. The number of hydrogen-bond donors (Lipinski definition) is 2. The van der Waals surface area contributed by atoms with Gasteiger partial charge in [0.15, 0.2) is 0 Å². The number of aryl methyl sites for hydroxylation is 2.